The molecule has 0 aliphatic carbocycles. The van der Waals surface area contributed by atoms with E-state index in [0.29, 0.717) is 12.8 Å². The summed E-state index contributed by atoms with van der Waals surface area (Å²) in [7, 11) is 0. The number of esters is 2. The van der Waals surface area contributed by atoms with E-state index >= 15 is 0 Å². The molecule has 0 saturated carbocycles. The average Bonchev–Trinajstić information content (AvgIpc) is 2.13. The van der Waals surface area contributed by atoms with Gasteiger partial charge in [0.05, 0.1) is 12.3 Å². The van der Waals surface area contributed by atoms with Crippen LogP contribution >= 0.6 is 0 Å². The monoisotopic (exact) mass is 409 g/mol. The Balaban J connectivity index is -0.000000333. The van der Waals surface area contributed by atoms with Crippen LogP contribution in [-0.4, -0.2) is 11.9 Å². The van der Waals surface area contributed by atoms with Gasteiger partial charge in [0, 0.05) is 0 Å². The number of hydrogen-bond acceptors (Lipinski definition) is 3. The smallest absolute Gasteiger partial charge is 0.393 e. The Kier molecular flexibility index (Phi) is 12.7. The topological polar surface area (TPSA) is 43.4 Å². The van der Waals surface area contributed by atoms with Gasteiger partial charge >= 0.3 is 43.1 Å². The van der Waals surface area contributed by atoms with Gasteiger partial charge in [0.1, 0.15) is 0 Å². The van der Waals surface area contributed by atoms with Gasteiger partial charge in [-0.25, -0.2) is 0 Å². The summed E-state index contributed by atoms with van der Waals surface area (Å²) in [6.45, 7) is 3.59. The molecule has 1 radical (unpaired) electrons. The van der Waals surface area contributed by atoms with Crippen molar-refractivity contribution in [3.8, 4) is 0 Å². The Morgan fingerprint density at radius 1 is 1.38 bits per heavy atom. The fraction of sp³-hybridized carbons (Fsp3) is 0.444. The summed E-state index contributed by atoms with van der Waals surface area (Å²) in [4.78, 5) is 21.2. The zero-order valence-electron chi connectivity index (χ0n) is 8.13. The fourth-order valence-electron chi connectivity index (χ4n) is 0.988. The first-order chi connectivity index (χ1) is 4.74. The van der Waals surface area contributed by atoms with Crippen molar-refractivity contribution in [2.24, 2.45) is 5.92 Å². The zero-order chi connectivity index (χ0) is 7.56. The van der Waals surface area contributed by atoms with Gasteiger partial charge in [0.2, 0.25) is 0 Å². The van der Waals surface area contributed by atoms with E-state index in [1.807, 2.05) is 0 Å². The minimum absolute atomic E-state index is 0. The summed E-state index contributed by atoms with van der Waals surface area (Å²) in [6, 6.07) is 0. The second kappa shape index (κ2) is 8.78. The van der Waals surface area contributed by atoms with Crippen molar-refractivity contribution in [2.75, 3.05) is 0 Å². The third kappa shape index (κ3) is 5.49. The van der Waals surface area contributed by atoms with Gasteiger partial charge in [-0.15, -0.1) is 0 Å². The van der Waals surface area contributed by atoms with Crippen molar-refractivity contribution in [2.45, 2.75) is 19.3 Å². The molecule has 0 spiro atoms. The van der Waals surface area contributed by atoms with Crippen molar-refractivity contribution in [3.05, 3.63) is 21.8 Å². The first-order valence-corrected chi connectivity index (χ1v) is 3.28. The molecule has 1 unspecified atom stereocenters. The normalized spacial score (nSPS) is 19.3. The summed E-state index contributed by atoms with van der Waals surface area (Å²) >= 11 is 0. The molecule has 1 heterocycles. The Morgan fingerprint density at radius 3 is 2.23 bits per heavy atom. The van der Waals surface area contributed by atoms with Crippen LogP contribution in [0.3, 0.4) is 0 Å². The molecule has 0 N–H and O–H groups in total. The summed E-state index contributed by atoms with van der Waals surface area (Å²) in [5, 5.41) is 0. The Labute approximate surface area is 104 Å². The van der Waals surface area contributed by atoms with Crippen LogP contribution in [0.1, 0.15) is 19.3 Å². The van der Waals surface area contributed by atoms with Crippen molar-refractivity contribution < 1.29 is 45.4 Å². The predicted molar refractivity (Wildman–Crippen MR) is 46.6 cm³/mol. The molecule has 13 heavy (non-hydrogen) atoms. The molecule has 1 rings (SSSR count). The zero-order valence-corrected chi connectivity index (χ0v) is 12.3. The number of carbonyl (C=O) groups excluding carboxylic acids is 2. The van der Waals surface area contributed by atoms with Crippen LogP contribution in [-0.2, 0) is 14.3 Å². The molecule has 1 fully saturated rings. The molecule has 1 aliphatic rings. The van der Waals surface area contributed by atoms with Crippen molar-refractivity contribution in [3.63, 3.8) is 0 Å². The summed E-state index contributed by atoms with van der Waals surface area (Å²) in [6.07, 6.45) is 1.58. The standard InChI is InChI=1S/C7H9O3.2CH3.U/c1-2-3-5-4-6(8)10-7(5)9;;;/h5H,1-4H2;2*1H3;/q3*-1;+3. The first-order valence-electron chi connectivity index (χ1n) is 3.28. The van der Waals surface area contributed by atoms with E-state index in [0.717, 1.165) is 0 Å². The Bertz CT molecular complexity index is 168. The minimum Gasteiger partial charge on any atom is -0.393 e. The van der Waals surface area contributed by atoms with Crippen LogP contribution in [0.15, 0.2) is 0 Å². The molecule has 0 bridgehead atoms. The van der Waals surface area contributed by atoms with Crippen LogP contribution in [0.2, 0.25) is 0 Å². The van der Waals surface area contributed by atoms with E-state index in [1.54, 1.807) is 0 Å². The number of hydrogen-bond donors (Lipinski definition) is 0. The van der Waals surface area contributed by atoms with Crippen LogP contribution in [0.4, 0.5) is 0 Å². The third-order valence-electron chi connectivity index (χ3n) is 1.51. The molecule has 0 aromatic carbocycles. The number of cyclic esters (lactones) is 2. The maximum atomic E-state index is 10.7. The molecular weight excluding hydrogens is 394 g/mol. The van der Waals surface area contributed by atoms with Crippen LogP contribution < -0.4 is 0 Å². The average molecular weight is 409 g/mol. The second-order valence-electron chi connectivity index (χ2n) is 2.34. The Morgan fingerprint density at radius 2 is 1.92 bits per heavy atom. The number of rotatable bonds is 2. The summed E-state index contributed by atoms with van der Waals surface area (Å²) in [5.41, 5.74) is 0. The van der Waals surface area contributed by atoms with E-state index in [9.17, 15) is 9.59 Å². The SMILES string of the molecule is [CH2-]CCC1CC(=O)OC1=O.[CH3-].[CH3-].[U+3]. The van der Waals surface area contributed by atoms with E-state index in [-0.39, 0.29) is 64.3 Å². The summed E-state index contributed by atoms with van der Waals surface area (Å²) < 4.78 is 4.32. The molecule has 0 amide bonds. The van der Waals surface area contributed by atoms with Crippen molar-refractivity contribution >= 4 is 11.9 Å². The second-order valence-corrected chi connectivity index (χ2v) is 2.34. The van der Waals surface area contributed by atoms with Crippen LogP contribution in [0.25, 0.3) is 0 Å². The van der Waals surface area contributed by atoms with E-state index in [4.69, 9.17) is 0 Å². The van der Waals surface area contributed by atoms with Crippen molar-refractivity contribution in [1.82, 2.24) is 0 Å². The molecule has 73 valence electrons. The van der Waals surface area contributed by atoms with Gasteiger partial charge < -0.3 is 26.5 Å². The minimum atomic E-state index is -0.400. The van der Waals surface area contributed by atoms with Crippen LogP contribution in [0, 0.1) is 58.8 Å². The van der Waals surface area contributed by atoms with Gasteiger partial charge in [-0.05, 0) is 0 Å². The van der Waals surface area contributed by atoms with Gasteiger partial charge in [-0.2, -0.15) is 6.42 Å². The van der Waals surface area contributed by atoms with Crippen LogP contribution in [0.5, 0.6) is 0 Å². The van der Waals surface area contributed by atoms with Gasteiger partial charge in [0.15, 0.2) is 0 Å². The van der Waals surface area contributed by atoms with E-state index in [1.165, 1.54) is 0 Å². The largest absolute Gasteiger partial charge is 3.00 e. The molecule has 3 nitrogen and oxygen atoms in total. The van der Waals surface area contributed by atoms with Gasteiger partial charge in [-0.3, -0.25) is 9.59 Å². The molecule has 0 aromatic rings. The van der Waals surface area contributed by atoms with Gasteiger partial charge in [-0.1, -0.05) is 6.42 Å². The molecule has 1 atom stereocenters. The predicted octanol–water partition coefficient (Wildman–Crippen LogP) is 1.59. The Hall–Kier alpha value is 0.192. The molecule has 0 aromatic heterocycles. The maximum absolute atomic E-state index is 10.7. The number of ether oxygens (including phenoxy) is 1. The quantitative estimate of drug-likeness (QED) is 0.396. The number of carbonyl (C=O) groups is 2. The summed E-state index contributed by atoms with van der Waals surface area (Å²) in [5.74, 6) is -0.998. The molecular formula is C9H15O3U. The molecule has 4 heteroatoms. The van der Waals surface area contributed by atoms with Crippen molar-refractivity contribution in [1.29, 1.82) is 0 Å². The van der Waals surface area contributed by atoms with E-state index < -0.39 is 5.97 Å². The maximum Gasteiger partial charge on any atom is 3.00 e. The van der Waals surface area contributed by atoms with E-state index in [2.05, 4.69) is 11.7 Å². The molecule has 1 aliphatic heterocycles. The molecule has 1 saturated heterocycles. The third-order valence-corrected chi connectivity index (χ3v) is 1.51. The van der Waals surface area contributed by atoms with Gasteiger partial charge in [0.25, 0.3) is 0 Å². The fourth-order valence-corrected chi connectivity index (χ4v) is 0.988. The first kappa shape index (κ1) is 18.9.